The number of hydrogen-bond acceptors (Lipinski definition) is 5. The van der Waals surface area contributed by atoms with Crippen LogP contribution in [0.15, 0.2) is 78.4 Å². The van der Waals surface area contributed by atoms with Gasteiger partial charge in [-0.2, -0.15) is 0 Å². The number of ether oxygens (including phenoxy) is 2. The second-order valence-electron chi connectivity index (χ2n) is 6.76. The van der Waals surface area contributed by atoms with E-state index in [1.807, 2.05) is 30.3 Å². The Morgan fingerprint density at radius 1 is 0.969 bits per heavy atom. The summed E-state index contributed by atoms with van der Waals surface area (Å²) in [5.74, 6) is -0.569. The van der Waals surface area contributed by atoms with Crippen LogP contribution >= 0.6 is 12.2 Å². The fourth-order valence-corrected chi connectivity index (χ4v) is 3.40. The van der Waals surface area contributed by atoms with E-state index in [0.29, 0.717) is 22.7 Å². The van der Waals surface area contributed by atoms with Crippen LogP contribution in [0.5, 0.6) is 17.2 Å². The van der Waals surface area contributed by atoms with Gasteiger partial charge in [0.15, 0.2) is 16.7 Å². The lowest BCUT2D eigenvalue weighted by molar-refractivity contribution is -0.122. The number of methoxy groups -OCH3 is 1. The highest BCUT2D eigenvalue weighted by Gasteiger charge is 2.34. The number of benzene rings is 3. The Labute approximate surface area is 188 Å². The SMILES string of the molecule is COc1ccc(C=C2C(=O)NC(=S)N(c3ccc(Oc4ccccc4)cc3)C2=O)cc1F. The zero-order valence-corrected chi connectivity index (χ0v) is 17.7. The molecule has 3 aromatic carbocycles. The third-order valence-corrected chi connectivity index (χ3v) is 4.95. The van der Waals surface area contributed by atoms with E-state index < -0.39 is 17.6 Å². The van der Waals surface area contributed by atoms with Crippen LogP contribution in [0, 0.1) is 5.82 Å². The number of carbonyl (C=O) groups excluding carboxylic acids is 2. The molecule has 1 aliphatic heterocycles. The second kappa shape index (κ2) is 8.99. The molecule has 4 rings (SSSR count). The maximum absolute atomic E-state index is 14.0. The van der Waals surface area contributed by atoms with Crippen LogP contribution in [0.1, 0.15) is 5.56 Å². The Morgan fingerprint density at radius 2 is 1.66 bits per heavy atom. The Morgan fingerprint density at radius 3 is 2.31 bits per heavy atom. The van der Waals surface area contributed by atoms with Crippen molar-refractivity contribution in [2.24, 2.45) is 0 Å². The molecule has 2 amide bonds. The topological polar surface area (TPSA) is 67.9 Å². The van der Waals surface area contributed by atoms with E-state index in [1.165, 1.54) is 30.2 Å². The van der Waals surface area contributed by atoms with Crippen molar-refractivity contribution >= 4 is 40.9 Å². The molecule has 1 saturated heterocycles. The molecule has 0 radical (unpaired) electrons. The van der Waals surface area contributed by atoms with Gasteiger partial charge in [-0.05, 0) is 72.4 Å². The summed E-state index contributed by atoms with van der Waals surface area (Å²) in [5.41, 5.74) is 0.612. The number of rotatable bonds is 5. The van der Waals surface area contributed by atoms with Gasteiger partial charge in [0.1, 0.15) is 17.1 Å². The van der Waals surface area contributed by atoms with Crippen LogP contribution in [0.25, 0.3) is 6.08 Å². The number of halogens is 1. The molecular formula is C24H17FN2O4S. The highest BCUT2D eigenvalue weighted by Crippen LogP contribution is 2.27. The number of hydrogen-bond donors (Lipinski definition) is 1. The number of amides is 2. The third kappa shape index (κ3) is 4.35. The van der Waals surface area contributed by atoms with E-state index in [9.17, 15) is 14.0 Å². The molecule has 1 heterocycles. The van der Waals surface area contributed by atoms with Gasteiger partial charge >= 0.3 is 0 Å². The average molecular weight is 448 g/mol. The minimum Gasteiger partial charge on any atom is -0.494 e. The maximum Gasteiger partial charge on any atom is 0.270 e. The standard InChI is InChI=1S/C24H17FN2O4S/c1-30-21-12-7-15(14-20(21)25)13-19-22(28)26-24(32)27(23(19)29)16-8-10-18(11-9-16)31-17-5-3-2-4-6-17/h2-14H,1H3,(H,26,28,32). The van der Waals surface area contributed by atoms with E-state index in [0.717, 1.165) is 0 Å². The summed E-state index contributed by atoms with van der Waals surface area (Å²) < 4.78 is 24.7. The Balaban J connectivity index is 1.60. The number of nitrogens with zero attached hydrogens (tertiary/aromatic N) is 1. The first-order chi connectivity index (χ1) is 15.5. The molecule has 32 heavy (non-hydrogen) atoms. The highest BCUT2D eigenvalue weighted by atomic mass is 32.1. The maximum atomic E-state index is 14.0. The molecule has 1 aliphatic rings. The molecule has 0 atom stereocenters. The van der Waals surface area contributed by atoms with Crippen molar-refractivity contribution < 1.29 is 23.5 Å². The summed E-state index contributed by atoms with van der Waals surface area (Å²) in [4.78, 5) is 26.7. The first kappa shape index (κ1) is 21.2. The van der Waals surface area contributed by atoms with Crippen LogP contribution < -0.4 is 19.7 Å². The fraction of sp³-hybridized carbons (Fsp3) is 0.0417. The largest absolute Gasteiger partial charge is 0.494 e. The van der Waals surface area contributed by atoms with Crippen molar-refractivity contribution in [2.45, 2.75) is 0 Å². The molecule has 0 unspecified atom stereocenters. The summed E-state index contributed by atoms with van der Waals surface area (Å²) in [6.45, 7) is 0. The minimum atomic E-state index is -0.656. The van der Waals surface area contributed by atoms with Crippen LogP contribution in [0.2, 0.25) is 0 Å². The van der Waals surface area contributed by atoms with E-state index in [1.54, 1.807) is 30.3 Å². The van der Waals surface area contributed by atoms with E-state index in [4.69, 9.17) is 21.7 Å². The first-order valence-electron chi connectivity index (χ1n) is 9.54. The van der Waals surface area contributed by atoms with Crippen molar-refractivity contribution in [1.82, 2.24) is 5.32 Å². The van der Waals surface area contributed by atoms with Crippen molar-refractivity contribution in [3.05, 3.63) is 89.8 Å². The Hall–Kier alpha value is -4.04. The summed E-state index contributed by atoms with van der Waals surface area (Å²) >= 11 is 5.21. The molecule has 6 nitrogen and oxygen atoms in total. The third-order valence-electron chi connectivity index (χ3n) is 4.66. The normalized spacial score (nSPS) is 15.0. The Kier molecular flexibility index (Phi) is 5.96. The second-order valence-corrected chi connectivity index (χ2v) is 7.15. The van der Waals surface area contributed by atoms with Gasteiger partial charge in [-0.1, -0.05) is 24.3 Å². The summed E-state index contributed by atoms with van der Waals surface area (Å²) in [6.07, 6.45) is 1.31. The molecule has 3 aromatic rings. The molecular weight excluding hydrogens is 431 g/mol. The predicted molar refractivity (Wildman–Crippen MR) is 122 cm³/mol. The molecule has 0 aromatic heterocycles. The van der Waals surface area contributed by atoms with E-state index in [-0.39, 0.29) is 16.4 Å². The van der Waals surface area contributed by atoms with Gasteiger partial charge in [0.2, 0.25) is 0 Å². The molecule has 1 N–H and O–H groups in total. The highest BCUT2D eigenvalue weighted by molar-refractivity contribution is 7.80. The lowest BCUT2D eigenvalue weighted by Crippen LogP contribution is -2.54. The lowest BCUT2D eigenvalue weighted by atomic mass is 10.1. The van der Waals surface area contributed by atoms with Crippen molar-refractivity contribution in [2.75, 3.05) is 12.0 Å². The molecule has 0 aliphatic carbocycles. The zero-order chi connectivity index (χ0) is 22.7. The summed E-state index contributed by atoms with van der Waals surface area (Å²) in [7, 11) is 1.35. The smallest absolute Gasteiger partial charge is 0.270 e. The van der Waals surface area contributed by atoms with Crippen LogP contribution in [0.4, 0.5) is 10.1 Å². The number of nitrogens with one attached hydrogen (secondary N) is 1. The molecule has 1 fully saturated rings. The number of thiocarbonyl (C=S) groups is 1. The molecule has 0 spiro atoms. The zero-order valence-electron chi connectivity index (χ0n) is 16.9. The van der Waals surface area contributed by atoms with Crippen LogP contribution in [-0.4, -0.2) is 24.0 Å². The lowest BCUT2D eigenvalue weighted by Gasteiger charge is -2.29. The number of para-hydroxylation sites is 1. The van der Waals surface area contributed by atoms with Gasteiger partial charge < -0.3 is 9.47 Å². The van der Waals surface area contributed by atoms with Crippen molar-refractivity contribution in [1.29, 1.82) is 0 Å². The van der Waals surface area contributed by atoms with Crippen LogP contribution in [0.3, 0.4) is 0 Å². The summed E-state index contributed by atoms with van der Waals surface area (Å²) in [6, 6.07) is 20.1. The molecule has 160 valence electrons. The fourth-order valence-electron chi connectivity index (χ4n) is 3.12. The van der Waals surface area contributed by atoms with Crippen LogP contribution in [-0.2, 0) is 9.59 Å². The monoisotopic (exact) mass is 448 g/mol. The molecule has 0 bridgehead atoms. The quantitative estimate of drug-likeness (QED) is 0.355. The van der Waals surface area contributed by atoms with Gasteiger partial charge in [0.05, 0.1) is 12.8 Å². The molecule has 8 heteroatoms. The Bertz CT molecular complexity index is 1230. The first-order valence-corrected chi connectivity index (χ1v) is 9.95. The van der Waals surface area contributed by atoms with Gasteiger partial charge in [0.25, 0.3) is 11.8 Å². The number of anilines is 1. The van der Waals surface area contributed by atoms with Gasteiger partial charge in [-0.25, -0.2) is 4.39 Å². The van der Waals surface area contributed by atoms with Gasteiger partial charge in [-0.3, -0.25) is 19.8 Å². The predicted octanol–water partition coefficient (Wildman–Crippen LogP) is 4.46. The average Bonchev–Trinajstić information content (AvgIpc) is 2.78. The number of carbonyl (C=O) groups is 2. The summed E-state index contributed by atoms with van der Waals surface area (Å²) in [5, 5.41) is 2.45. The van der Waals surface area contributed by atoms with Gasteiger partial charge in [0, 0.05) is 0 Å². The molecule has 0 saturated carbocycles. The van der Waals surface area contributed by atoms with Crippen molar-refractivity contribution in [3.8, 4) is 17.2 Å². The van der Waals surface area contributed by atoms with E-state index >= 15 is 0 Å². The van der Waals surface area contributed by atoms with E-state index in [2.05, 4.69) is 5.32 Å². The van der Waals surface area contributed by atoms with Crippen molar-refractivity contribution in [3.63, 3.8) is 0 Å². The van der Waals surface area contributed by atoms with Gasteiger partial charge in [-0.15, -0.1) is 0 Å². The minimum absolute atomic E-state index is 0.0465.